The Balaban J connectivity index is 2.05. The maximum absolute atomic E-state index is 13.7. The average molecular weight is 287 g/mol. The lowest BCUT2D eigenvalue weighted by Crippen LogP contribution is -2.28. The van der Waals surface area contributed by atoms with Gasteiger partial charge in [-0.15, -0.1) is 0 Å². The van der Waals surface area contributed by atoms with Crippen molar-refractivity contribution < 1.29 is 9.18 Å². The summed E-state index contributed by atoms with van der Waals surface area (Å²) in [6.07, 6.45) is 1.60. The first-order valence-corrected chi connectivity index (χ1v) is 6.87. The molecule has 0 spiro atoms. The van der Waals surface area contributed by atoms with Gasteiger partial charge in [-0.05, 0) is 32.0 Å². The van der Waals surface area contributed by atoms with Gasteiger partial charge in [0.15, 0.2) is 0 Å². The van der Waals surface area contributed by atoms with E-state index in [1.54, 1.807) is 43.5 Å². The van der Waals surface area contributed by atoms with Crippen molar-refractivity contribution in [3.05, 3.63) is 59.7 Å². The van der Waals surface area contributed by atoms with Gasteiger partial charge in [0, 0.05) is 12.1 Å². The summed E-state index contributed by atoms with van der Waals surface area (Å²) < 4.78 is 13.7. The van der Waals surface area contributed by atoms with E-state index in [1.807, 2.05) is 6.92 Å². The van der Waals surface area contributed by atoms with Crippen LogP contribution in [0.15, 0.2) is 42.6 Å². The molecule has 1 aromatic carbocycles. The molecule has 0 saturated carbocycles. The minimum absolute atomic E-state index is 0.305. The maximum atomic E-state index is 13.7. The summed E-state index contributed by atoms with van der Waals surface area (Å²) in [6, 6.07) is 9.40. The number of amides is 1. The van der Waals surface area contributed by atoms with E-state index >= 15 is 0 Å². The molecule has 0 fully saturated rings. The van der Waals surface area contributed by atoms with Gasteiger partial charge in [-0.3, -0.25) is 4.79 Å². The number of rotatable bonds is 5. The fourth-order valence-corrected chi connectivity index (χ4v) is 2.01. The van der Waals surface area contributed by atoms with E-state index in [-0.39, 0.29) is 11.7 Å². The Bertz CT molecular complexity index is 613. The van der Waals surface area contributed by atoms with Crippen molar-refractivity contribution in [1.82, 2.24) is 10.3 Å². The minimum atomic E-state index is -0.422. The van der Waals surface area contributed by atoms with E-state index in [0.717, 1.165) is 12.2 Å². The smallest absolute Gasteiger partial charge is 0.270 e. The number of hydrogen-bond donors (Lipinski definition) is 2. The highest BCUT2D eigenvalue weighted by Gasteiger charge is 2.15. The molecule has 4 nitrogen and oxygen atoms in total. The second-order valence-corrected chi connectivity index (χ2v) is 4.68. The summed E-state index contributed by atoms with van der Waals surface area (Å²) in [7, 11) is 0. The summed E-state index contributed by atoms with van der Waals surface area (Å²) in [5.41, 5.74) is 1.62. The van der Waals surface area contributed by atoms with Crippen molar-refractivity contribution in [3.63, 3.8) is 0 Å². The van der Waals surface area contributed by atoms with E-state index in [0.29, 0.717) is 11.3 Å². The largest absolute Gasteiger partial charge is 0.384 e. The van der Waals surface area contributed by atoms with Crippen LogP contribution < -0.4 is 10.6 Å². The number of benzene rings is 1. The third kappa shape index (κ3) is 3.78. The third-order valence-corrected chi connectivity index (χ3v) is 3.10. The zero-order valence-electron chi connectivity index (χ0n) is 12.1. The number of hydrogen-bond acceptors (Lipinski definition) is 3. The molecule has 0 aliphatic carbocycles. The van der Waals surface area contributed by atoms with Gasteiger partial charge in [0.1, 0.15) is 11.5 Å². The molecule has 0 bridgehead atoms. The van der Waals surface area contributed by atoms with Crippen molar-refractivity contribution in [1.29, 1.82) is 0 Å². The van der Waals surface area contributed by atoms with Crippen LogP contribution in [0.5, 0.6) is 0 Å². The van der Waals surface area contributed by atoms with Gasteiger partial charge < -0.3 is 10.6 Å². The Morgan fingerprint density at radius 1 is 1.29 bits per heavy atom. The van der Waals surface area contributed by atoms with Gasteiger partial charge in [0.2, 0.25) is 0 Å². The van der Waals surface area contributed by atoms with Crippen LogP contribution in [0.4, 0.5) is 10.1 Å². The first kappa shape index (κ1) is 15.0. The lowest BCUT2D eigenvalue weighted by Gasteiger charge is -2.14. The van der Waals surface area contributed by atoms with Crippen molar-refractivity contribution >= 4 is 11.6 Å². The van der Waals surface area contributed by atoms with E-state index in [1.165, 1.54) is 6.07 Å². The topological polar surface area (TPSA) is 54.0 Å². The third-order valence-electron chi connectivity index (χ3n) is 3.10. The Labute approximate surface area is 123 Å². The molecule has 110 valence electrons. The highest BCUT2D eigenvalue weighted by Crippen LogP contribution is 2.16. The second-order valence-electron chi connectivity index (χ2n) is 4.68. The number of nitrogens with zero attached hydrogens (tertiary/aromatic N) is 1. The Morgan fingerprint density at radius 2 is 2.05 bits per heavy atom. The first-order valence-electron chi connectivity index (χ1n) is 6.87. The number of carbonyl (C=O) groups is 1. The van der Waals surface area contributed by atoms with Crippen molar-refractivity contribution in [2.24, 2.45) is 0 Å². The molecule has 2 rings (SSSR count). The summed E-state index contributed by atoms with van der Waals surface area (Å²) >= 11 is 0. The number of halogens is 1. The zero-order valence-corrected chi connectivity index (χ0v) is 12.1. The first-order chi connectivity index (χ1) is 10.1. The molecule has 1 atom stereocenters. The lowest BCUT2D eigenvalue weighted by atomic mass is 10.1. The average Bonchev–Trinajstić information content (AvgIpc) is 2.48. The molecular formula is C16H18FN3O. The second kappa shape index (κ2) is 6.83. The van der Waals surface area contributed by atoms with E-state index in [9.17, 15) is 9.18 Å². The zero-order chi connectivity index (χ0) is 15.2. The minimum Gasteiger partial charge on any atom is -0.384 e. The van der Waals surface area contributed by atoms with Crippen LogP contribution in [-0.2, 0) is 0 Å². The summed E-state index contributed by atoms with van der Waals surface area (Å²) in [6.45, 7) is 4.51. The lowest BCUT2D eigenvalue weighted by molar-refractivity contribution is 0.0934. The van der Waals surface area contributed by atoms with Gasteiger partial charge in [-0.25, -0.2) is 9.37 Å². The molecule has 0 aliphatic rings. The van der Waals surface area contributed by atoms with Gasteiger partial charge >= 0.3 is 0 Å². The number of aromatic nitrogens is 1. The van der Waals surface area contributed by atoms with Gasteiger partial charge in [-0.1, -0.05) is 18.2 Å². The van der Waals surface area contributed by atoms with Crippen molar-refractivity contribution in [3.8, 4) is 0 Å². The predicted octanol–water partition coefficient (Wildman–Crippen LogP) is 3.14. The fourth-order valence-electron chi connectivity index (χ4n) is 2.01. The maximum Gasteiger partial charge on any atom is 0.270 e. The van der Waals surface area contributed by atoms with Gasteiger partial charge in [-0.2, -0.15) is 0 Å². The molecule has 21 heavy (non-hydrogen) atoms. The highest BCUT2D eigenvalue weighted by molar-refractivity contribution is 5.92. The fraction of sp³-hybridized carbons (Fsp3) is 0.250. The number of nitrogens with one attached hydrogen (secondary N) is 2. The van der Waals surface area contributed by atoms with E-state index < -0.39 is 6.04 Å². The Morgan fingerprint density at radius 3 is 2.67 bits per heavy atom. The molecule has 0 saturated heterocycles. The summed E-state index contributed by atoms with van der Waals surface area (Å²) in [5, 5.41) is 5.85. The molecule has 1 aromatic heterocycles. The van der Waals surface area contributed by atoms with Crippen LogP contribution in [0, 0.1) is 5.82 Å². The van der Waals surface area contributed by atoms with Crippen LogP contribution in [-0.4, -0.2) is 17.4 Å². The SMILES string of the molecule is CCNc1ccc(C(=O)NC(C)c2ccccc2F)nc1. The van der Waals surface area contributed by atoms with Crippen LogP contribution in [0.25, 0.3) is 0 Å². The summed E-state index contributed by atoms with van der Waals surface area (Å²) in [5.74, 6) is -0.658. The van der Waals surface area contributed by atoms with E-state index in [2.05, 4.69) is 15.6 Å². The van der Waals surface area contributed by atoms with Crippen molar-refractivity contribution in [2.45, 2.75) is 19.9 Å². The van der Waals surface area contributed by atoms with Crippen LogP contribution in [0.3, 0.4) is 0 Å². The van der Waals surface area contributed by atoms with E-state index in [4.69, 9.17) is 0 Å². The molecule has 2 N–H and O–H groups in total. The Kier molecular flexibility index (Phi) is 4.87. The van der Waals surface area contributed by atoms with Crippen LogP contribution in [0.2, 0.25) is 0 Å². The molecule has 1 unspecified atom stereocenters. The quantitative estimate of drug-likeness (QED) is 0.888. The standard InChI is InChI=1S/C16H18FN3O/c1-3-18-12-8-9-15(19-10-12)16(21)20-11(2)13-6-4-5-7-14(13)17/h4-11,18H,3H2,1-2H3,(H,20,21). The number of pyridine rings is 1. The van der Waals surface area contributed by atoms with Crippen LogP contribution >= 0.6 is 0 Å². The molecule has 0 aliphatic heterocycles. The normalized spacial score (nSPS) is 11.8. The monoisotopic (exact) mass is 287 g/mol. The molecule has 5 heteroatoms. The molecule has 0 radical (unpaired) electrons. The van der Waals surface area contributed by atoms with Gasteiger partial charge in [0.25, 0.3) is 5.91 Å². The number of carbonyl (C=O) groups excluding carboxylic acids is 1. The highest BCUT2D eigenvalue weighted by atomic mass is 19.1. The van der Waals surface area contributed by atoms with Gasteiger partial charge in [0.05, 0.1) is 17.9 Å². The summed E-state index contributed by atoms with van der Waals surface area (Å²) in [4.78, 5) is 16.2. The van der Waals surface area contributed by atoms with Crippen molar-refractivity contribution in [2.75, 3.05) is 11.9 Å². The number of anilines is 1. The Hall–Kier alpha value is -2.43. The molecule has 1 amide bonds. The molecular weight excluding hydrogens is 269 g/mol. The molecule has 1 heterocycles. The predicted molar refractivity (Wildman–Crippen MR) is 80.7 cm³/mol. The van der Waals surface area contributed by atoms with Crippen LogP contribution in [0.1, 0.15) is 35.9 Å². The molecule has 2 aromatic rings.